The van der Waals surface area contributed by atoms with Crippen molar-refractivity contribution in [2.45, 2.75) is 6.54 Å². The molecule has 0 aliphatic carbocycles. The second kappa shape index (κ2) is 4.19. The summed E-state index contributed by atoms with van der Waals surface area (Å²) < 4.78 is 0. The van der Waals surface area contributed by atoms with Crippen molar-refractivity contribution in [3.8, 4) is 0 Å². The molecule has 0 bridgehead atoms. The lowest BCUT2D eigenvalue weighted by Gasteiger charge is -1.99. The van der Waals surface area contributed by atoms with E-state index >= 15 is 0 Å². The molecule has 1 aromatic carbocycles. The number of benzene rings is 1. The first-order valence-corrected chi connectivity index (χ1v) is 4.07. The first kappa shape index (κ1) is 9.17. The standard InChI is InChI=1S/C8H10NO2P/c10-8(11)7-3-1-6(2-4-7)5-9-12/h1-4,9H,5,12H2,(H,10,11). The van der Waals surface area contributed by atoms with Crippen LogP contribution in [0, 0.1) is 0 Å². The highest BCUT2D eigenvalue weighted by molar-refractivity contribution is 7.13. The van der Waals surface area contributed by atoms with E-state index in [1.807, 2.05) is 0 Å². The van der Waals surface area contributed by atoms with Crippen molar-refractivity contribution in [2.24, 2.45) is 0 Å². The fraction of sp³-hybridized carbons (Fsp3) is 0.125. The maximum absolute atomic E-state index is 10.5. The van der Waals surface area contributed by atoms with E-state index in [2.05, 4.69) is 14.5 Å². The number of carboxylic acid groups (broad SMARTS) is 1. The van der Waals surface area contributed by atoms with Crippen LogP contribution in [0.5, 0.6) is 0 Å². The van der Waals surface area contributed by atoms with Gasteiger partial charge in [0.2, 0.25) is 0 Å². The van der Waals surface area contributed by atoms with E-state index in [1.54, 1.807) is 24.3 Å². The van der Waals surface area contributed by atoms with Crippen molar-refractivity contribution in [3.63, 3.8) is 0 Å². The zero-order valence-corrected chi connectivity index (χ0v) is 7.60. The van der Waals surface area contributed by atoms with Crippen molar-refractivity contribution >= 4 is 15.4 Å². The summed E-state index contributed by atoms with van der Waals surface area (Å²) in [6, 6.07) is 6.78. The lowest BCUT2D eigenvalue weighted by Crippen LogP contribution is -1.99. The molecule has 0 fully saturated rings. The summed E-state index contributed by atoms with van der Waals surface area (Å²) in [6.07, 6.45) is 0. The molecule has 1 aromatic rings. The Bertz CT molecular complexity index is 271. The Morgan fingerprint density at radius 1 is 1.42 bits per heavy atom. The van der Waals surface area contributed by atoms with Gasteiger partial charge in [0.1, 0.15) is 0 Å². The summed E-state index contributed by atoms with van der Waals surface area (Å²) in [5, 5.41) is 11.5. The molecule has 0 aromatic heterocycles. The summed E-state index contributed by atoms with van der Waals surface area (Å²) in [6.45, 7) is 0.727. The van der Waals surface area contributed by atoms with Crippen LogP contribution in [0.3, 0.4) is 0 Å². The fourth-order valence-corrected chi connectivity index (χ4v) is 1.12. The van der Waals surface area contributed by atoms with Gasteiger partial charge in [0.25, 0.3) is 0 Å². The van der Waals surface area contributed by atoms with Crippen molar-refractivity contribution in [1.29, 1.82) is 0 Å². The number of nitrogens with one attached hydrogen (secondary N) is 1. The largest absolute Gasteiger partial charge is 0.478 e. The van der Waals surface area contributed by atoms with Crippen molar-refractivity contribution in [2.75, 3.05) is 0 Å². The average molecular weight is 183 g/mol. The van der Waals surface area contributed by atoms with E-state index in [9.17, 15) is 4.79 Å². The molecular formula is C8H10NO2P. The van der Waals surface area contributed by atoms with Crippen LogP contribution in [0.4, 0.5) is 0 Å². The lowest BCUT2D eigenvalue weighted by atomic mass is 10.1. The van der Waals surface area contributed by atoms with Crippen LogP contribution in [-0.2, 0) is 6.54 Å². The van der Waals surface area contributed by atoms with Gasteiger partial charge in [0, 0.05) is 6.54 Å². The van der Waals surface area contributed by atoms with Gasteiger partial charge in [-0.3, -0.25) is 5.09 Å². The Morgan fingerprint density at radius 3 is 2.42 bits per heavy atom. The Labute approximate surface area is 73.1 Å². The maximum Gasteiger partial charge on any atom is 0.335 e. The number of carbonyl (C=O) groups is 1. The number of hydrogen-bond donors (Lipinski definition) is 2. The van der Waals surface area contributed by atoms with E-state index in [0.29, 0.717) is 5.56 Å². The third kappa shape index (κ3) is 2.29. The van der Waals surface area contributed by atoms with E-state index < -0.39 is 5.97 Å². The summed E-state index contributed by atoms with van der Waals surface area (Å²) in [4.78, 5) is 10.5. The molecule has 1 atom stereocenters. The minimum Gasteiger partial charge on any atom is -0.478 e. The van der Waals surface area contributed by atoms with Crippen LogP contribution in [0.15, 0.2) is 24.3 Å². The molecule has 1 unspecified atom stereocenters. The van der Waals surface area contributed by atoms with Crippen molar-refractivity contribution in [3.05, 3.63) is 35.4 Å². The van der Waals surface area contributed by atoms with Crippen LogP contribution in [0.1, 0.15) is 15.9 Å². The van der Waals surface area contributed by atoms with Crippen LogP contribution in [0.2, 0.25) is 0 Å². The van der Waals surface area contributed by atoms with Gasteiger partial charge in [0.15, 0.2) is 0 Å². The monoisotopic (exact) mass is 183 g/mol. The van der Waals surface area contributed by atoms with Gasteiger partial charge in [-0.15, -0.1) is 0 Å². The molecule has 0 saturated heterocycles. The molecular weight excluding hydrogens is 173 g/mol. The van der Waals surface area contributed by atoms with Gasteiger partial charge in [-0.25, -0.2) is 4.79 Å². The summed E-state index contributed by atoms with van der Waals surface area (Å²) in [5.74, 6) is -0.889. The van der Waals surface area contributed by atoms with Gasteiger partial charge in [-0.1, -0.05) is 21.5 Å². The summed E-state index contributed by atoms with van der Waals surface area (Å²) >= 11 is 0. The van der Waals surface area contributed by atoms with Crippen LogP contribution in [-0.4, -0.2) is 11.1 Å². The predicted molar refractivity (Wildman–Crippen MR) is 50.0 cm³/mol. The number of carboxylic acids is 1. The smallest absolute Gasteiger partial charge is 0.335 e. The number of hydrogen-bond acceptors (Lipinski definition) is 2. The molecule has 64 valence electrons. The van der Waals surface area contributed by atoms with Crippen LogP contribution >= 0.6 is 9.39 Å². The third-order valence-electron chi connectivity index (χ3n) is 1.51. The molecule has 0 amide bonds. The van der Waals surface area contributed by atoms with Gasteiger partial charge in [0.05, 0.1) is 5.56 Å². The van der Waals surface area contributed by atoms with Gasteiger partial charge < -0.3 is 5.11 Å². The molecule has 2 N–H and O–H groups in total. The zero-order valence-electron chi connectivity index (χ0n) is 6.45. The van der Waals surface area contributed by atoms with Crippen LogP contribution in [0.25, 0.3) is 0 Å². The Kier molecular flexibility index (Phi) is 3.20. The highest BCUT2D eigenvalue weighted by Crippen LogP contribution is 2.04. The lowest BCUT2D eigenvalue weighted by molar-refractivity contribution is 0.0697. The normalized spacial score (nSPS) is 9.75. The minimum atomic E-state index is -0.889. The molecule has 1 rings (SSSR count). The number of aromatic carboxylic acids is 1. The molecule has 0 saturated carbocycles. The predicted octanol–water partition coefficient (Wildman–Crippen LogP) is 1.26. The van der Waals surface area contributed by atoms with Gasteiger partial charge in [-0.2, -0.15) is 0 Å². The quantitative estimate of drug-likeness (QED) is 0.693. The van der Waals surface area contributed by atoms with E-state index in [0.717, 1.165) is 12.1 Å². The molecule has 12 heavy (non-hydrogen) atoms. The molecule has 4 heteroatoms. The summed E-state index contributed by atoms with van der Waals surface area (Å²) in [7, 11) is 2.39. The molecule has 0 spiro atoms. The van der Waals surface area contributed by atoms with E-state index in [-0.39, 0.29) is 0 Å². The second-order valence-electron chi connectivity index (χ2n) is 2.38. The molecule has 0 aliphatic rings. The first-order chi connectivity index (χ1) is 5.74. The highest BCUT2D eigenvalue weighted by Gasteiger charge is 2.00. The third-order valence-corrected chi connectivity index (χ3v) is 1.71. The molecule has 0 heterocycles. The Morgan fingerprint density at radius 2 is 2.00 bits per heavy atom. The average Bonchev–Trinajstić information content (AvgIpc) is 2.06. The van der Waals surface area contributed by atoms with Gasteiger partial charge >= 0.3 is 5.97 Å². The SMILES string of the molecule is O=C(O)c1ccc(CNP)cc1. The van der Waals surface area contributed by atoms with E-state index in [4.69, 9.17) is 5.11 Å². The Balaban J connectivity index is 2.78. The maximum atomic E-state index is 10.5. The topological polar surface area (TPSA) is 49.3 Å². The fourth-order valence-electron chi connectivity index (χ4n) is 0.883. The first-order valence-electron chi connectivity index (χ1n) is 3.49. The molecule has 0 radical (unpaired) electrons. The molecule has 0 aliphatic heterocycles. The minimum absolute atomic E-state index is 0.322. The van der Waals surface area contributed by atoms with Crippen LogP contribution < -0.4 is 5.09 Å². The second-order valence-corrected chi connectivity index (χ2v) is 2.79. The Hall–Kier alpha value is -0.920. The zero-order chi connectivity index (χ0) is 8.97. The van der Waals surface area contributed by atoms with Gasteiger partial charge in [-0.05, 0) is 17.7 Å². The van der Waals surface area contributed by atoms with Crippen molar-refractivity contribution in [1.82, 2.24) is 5.09 Å². The molecule has 3 nitrogen and oxygen atoms in total. The van der Waals surface area contributed by atoms with Crippen molar-refractivity contribution < 1.29 is 9.90 Å². The highest BCUT2D eigenvalue weighted by atomic mass is 31.0. The van der Waals surface area contributed by atoms with E-state index in [1.165, 1.54) is 0 Å². The number of rotatable bonds is 3. The summed E-state index contributed by atoms with van der Waals surface area (Å²) in [5.41, 5.74) is 1.39.